The maximum atomic E-state index is 13.0. The van der Waals surface area contributed by atoms with E-state index >= 15 is 0 Å². The summed E-state index contributed by atoms with van der Waals surface area (Å²) < 4.78 is 27.5. The van der Waals surface area contributed by atoms with Crippen molar-refractivity contribution in [3.8, 4) is 0 Å². The molecule has 0 aliphatic carbocycles. The third-order valence-electron chi connectivity index (χ3n) is 4.66. The highest BCUT2D eigenvalue weighted by Gasteiger charge is 2.23. The van der Waals surface area contributed by atoms with Gasteiger partial charge >= 0.3 is 0 Å². The minimum absolute atomic E-state index is 0.168. The van der Waals surface area contributed by atoms with Crippen LogP contribution in [0.4, 0.5) is 5.69 Å². The average molecular weight is 441 g/mol. The molecule has 0 unspecified atom stereocenters. The highest BCUT2D eigenvalue weighted by atomic mass is 32.2. The molecule has 0 saturated carbocycles. The summed E-state index contributed by atoms with van der Waals surface area (Å²) in [5.74, 6) is -0.280. The molecule has 3 rings (SSSR count). The fourth-order valence-electron chi connectivity index (χ4n) is 3.02. The fraction of sp³-hybridized carbons (Fsp3) is 0.174. The Labute approximate surface area is 182 Å². The number of amides is 1. The molecule has 1 N–H and O–H groups in total. The first-order valence-electron chi connectivity index (χ1n) is 9.54. The first-order valence-corrected chi connectivity index (χ1v) is 12.2. The maximum absolute atomic E-state index is 13.0. The highest BCUT2D eigenvalue weighted by Crippen LogP contribution is 2.25. The lowest BCUT2D eigenvalue weighted by Crippen LogP contribution is -2.30. The van der Waals surface area contributed by atoms with E-state index in [0.717, 1.165) is 16.1 Å². The molecular weight excluding hydrogens is 416 g/mol. The molecule has 0 aromatic heterocycles. The van der Waals surface area contributed by atoms with Gasteiger partial charge in [0.2, 0.25) is 10.0 Å². The van der Waals surface area contributed by atoms with E-state index in [0.29, 0.717) is 18.7 Å². The molecule has 7 heteroatoms. The van der Waals surface area contributed by atoms with Gasteiger partial charge < -0.3 is 5.32 Å². The van der Waals surface area contributed by atoms with E-state index in [1.54, 1.807) is 23.9 Å². The van der Waals surface area contributed by atoms with Gasteiger partial charge in [-0.05, 0) is 48.2 Å². The Morgan fingerprint density at radius 3 is 2.20 bits per heavy atom. The molecule has 1 amide bonds. The van der Waals surface area contributed by atoms with Gasteiger partial charge in [0.25, 0.3) is 5.91 Å². The third-order valence-corrected chi connectivity index (χ3v) is 7.39. The van der Waals surface area contributed by atoms with E-state index in [-0.39, 0.29) is 10.8 Å². The van der Waals surface area contributed by atoms with Crippen LogP contribution in [0.15, 0.2) is 88.7 Å². The summed E-state index contributed by atoms with van der Waals surface area (Å²) in [7, 11) is -3.66. The molecule has 0 fully saturated rings. The van der Waals surface area contributed by atoms with E-state index in [1.165, 1.54) is 16.4 Å². The van der Waals surface area contributed by atoms with Crippen LogP contribution in [0.25, 0.3) is 0 Å². The van der Waals surface area contributed by atoms with E-state index in [4.69, 9.17) is 0 Å². The molecule has 0 saturated heterocycles. The second kappa shape index (κ2) is 9.93. The van der Waals surface area contributed by atoms with Gasteiger partial charge in [0.15, 0.2) is 0 Å². The zero-order valence-corrected chi connectivity index (χ0v) is 18.5. The number of hydrogen-bond donors (Lipinski definition) is 1. The van der Waals surface area contributed by atoms with Crippen molar-refractivity contribution in [2.24, 2.45) is 0 Å². The summed E-state index contributed by atoms with van der Waals surface area (Å²) in [6.45, 7) is 2.46. The largest absolute Gasteiger partial charge is 0.321 e. The van der Waals surface area contributed by atoms with Gasteiger partial charge in [-0.15, -0.1) is 11.8 Å². The zero-order chi connectivity index (χ0) is 21.6. The summed E-state index contributed by atoms with van der Waals surface area (Å²) in [6, 6.07) is 23.1. The van der Waals surface area contributed by atoms with Crippen LogP contribution >= 0.6 is 11.8 Å². The van der Waals surface area contributed by atoms with Crippen molar-refractivity contribution in [1.82, 2.24) is 4.31 Å². The van der Waals surface area contributed by atoms with Crippen molar-refractivity contribution < 1.29 is 13.2 Å². The number of sulfonamides is 1. The molecule has 0 aliphatic heterocycles. The molecule has 30 heavy (non-hydrogen) atoms. The zero-order valence-electron chi connectivity index (χ0n) is 16.9. The Morgan fingerprint density at radius 2 is 1.57 bits per heavy atom. The second-order valence-electron chi connectivity index (χ2n) is 6.60. The van der Waals surface area contributed by atoms with Crippen molar-refractivity contribution >= 4 is 33.4 Å². The van der Waals surface area contributed by atoms with Crippen molar-refractivity contribution in [2.75, 3.05) is 18.1 Å². The summed E-state index contributed by atoms with van der Waals surface area (Å²) in [5, 5.41) is 2.88. The van der Waals surface area contributed by atoms with Gasteiger partial charge in [0.1, 0.15) is 0 Å². The van der Waals surface area contributed by atoms with Gasteiger partial charge in [-0.2, -0.15) is 4.31 Å². The Morgan fingerprint density at radius 1 is 0.933 bits per heavy atom. The van der Waals surface area contributed by atoms with E-state index in [2.05, 4.69) is 5.32 Å². The van der Waals surface area contributed by atoms with Crippen LogP contribution in [-0.4, -0.2) is 31.4 Å². The normalized spacial score (nSPS) is 11.4. The number of rotatable bonds is 8. The van der Waals surface area contributed by atoms with E-state index in [1.807, 2.05) is 67.8 Å². The minimum Gasteiger partial charge on any atom is -0.321 e. The van der Waals surface area contributed by atoms with Crippen molar-refractivity contribution in [1.29, 1.82) is 0 Å². The average Bonchev–Trinajstić information content (AvgIpc) is 2.78. The van der Waals surface area contributed by atoms with Gasteiger partial charge in [0.05, 0.1) is 10.6 Å². The van der Waals surface area contributed by atoms with Crippen LogP contribution < -0.4 is 5.32 Å². The van der Waals surface area contributed by atoms with Crippen LogP contribution in [0, 0.1) is 0 Å². The number of para-hydroxylation sites is 1. The summed E-state index contributed by atoms with van der Waals surface area (Å²) in [6.07, 6.45) is 1.94. The summed E-state index contributed by atoms with van der Waals surface area (Å²) in [4.78, 5) is 13.7. The minimum atomic E-state index is -3.66. The smallest absolute Gasteiger partial charge is 0.255 e. The summed E-state index contributed by atoms with van der Waals surface area (Å²) in [5.41, 5.74) is 2.05. The molecule has 156 valence electrons. The lowest BCUT2D eigenvalue weighted by molar-refractivity contribution is 0.102. The van der Waals surface area contributed by atoms with Gasteiger partial charge in [-0.25, -0.2) is 8.42 Å². The Kier molecular flexibility index (Phi) is 7.31. The van der Waals surface area contributed by atoms with Crippen molar-refractivity contribution in [3.63, 3.8) is 0 Å². The number of benzene rings is 3. The number of carbonyl (C=O) groups excluding carboxylic acids is 1. The predicted octanol–water partition coefficient (Wildman–Crippen LogP) is 4.87. The topological polar surface area (TPSA) is 66.5 Å². The highest BCUT2D eigenvalue weighted by molar-refractivity contribution is 7.98. The van der Waals surface area contributed by atoms with Crippen molar-refractivity contribution in [3.05, 3.63) is 90.0 Å². The van der Waals surface area contributed by atoms with Crippen LogP contribution in [0.2, 0.25) is 0 Å². The molecular formula is C23H24N2O3S2. The monoisotopic (exact) mass is 440 g/mol. The SMILES string of the molecule is CCN(Cc1ccccc1)S(=O)(=O)c1ccc(C(=O)Nc2ccccc2SC)cc1. The molecule has 0 aliphatic rings. The van der Waals surface area contributed by atoms with Gasteiger partial charge in [-0.1, -0.05) is 49.4 Å². The summed E-state index contributed by atoms with van der Waals surface area (Å²) >= 11 is 1.55. The van der Waals surface area contributed by atoms with Crippen molar-refractivity contribution in [2.45, 2.75) is 23.3 Å². The predicted molar refractivity (Wildman–Crippen MR) is 122 cm³/mol. The molecule has 3 aromatic rings. The Balaban J connectivity index is 1.77. The molecule has 0 spiro atoms. The van der Waals surface area contributed by atoms with Crippen LogP contribution in [0.1, 0.15) is 22.8 Å². The molecule has 3 aromatic carbocycles. The third kappa shape index (κ3) is 5.11. The van der Waals surface area contributed by atoms with E-state index < -0.39 is 10.0 Å². The Hall–Kier alpha value is -2.61. The molecule has 0 bridgehead atoms. The molecule has 0 radical (unpaired) electrons. The number of thioether (sulfide) groups is 1. The standard InChI is InChI=1S/C23H24N2O3S2/c1-3-25(17-18-9-5-4-6-10-18)30(27,28)20-15-13-19(14-16-20)23(26)24-21-11-7-8-12-22(21)29-2/h4-16H,3,17H2,1-2H3,(H,24,26). The van der Waals surface area contributed by atoms with Crippen LogP contribution in [0.5, 0.6) is 0 Å². The van der Waals surface area contributed by atoms with Crippen LogP contribution in [-0.2, 0) is 16.6 Å². The number of carbonyl (C=O) groups is 1. The van der Waals surface area contributed by atoms with Gasteiger partial charge in [-0.3, -0.25) is 4.79 Å². The van der Waals surface area contributed by atoms with Crippen LogP contribution in [0.3, 0.4) is 0 Å². The molecule has 0 heterocycles. The molecule has 0 atom stereocenters. The number of anilines is 1. The van der Waals surface area contributed by atoms with Gasteiger partial charge in [0, 0.05) is 23.5 Å². The Bertz CT molecular complexity index is 1100. The lowest BCUT2D eigenvalue weighted by atomic mass is 10.2. The first-order chi connectivity index (χ1) is 14.5. The lowest BCUT2D eigenvalue weighted by Gasteiger charge is -2.20. The van der Waals surface area contributed by atoms with E-state index in [9.17, 15) is 13.2 Å². The maximum Gasteiger partial charge on any atom is 0.255 e. The number of nitrogens with zero attached hydrogens (tertiary/aromatic N) is 1. The number of hydrogen-bond acceptors (Lipinski definition) is 4. The second-order valence-corrected chi connectivity index (χ2v) is 9.38. The first kappa shape index (κ1) is 22.1. The fourth-order valence-corrected chi connectivity index (χ4v) is 5.01. The number of nitrogens with one attached hydrogen (secondary N) is 1. The molecule has 5 nitrogen and oxygen atoms in total. The quantitative estimate of drug-likeness (QED) is 0.508.